The van der Waals surface area contributed by atoms with Gasteiger partial charge in [-0.25, -0.2) is 0 Å². The summed E-state index contributed by atoms with van der Waals surface area (Å²) in [5, 5.41) is 3.49. The van der Waals surface area contributed by atoms with Crippen LogP contribution in [-0.4, -0.2) is 24.7 Å². The molecule has 0 aromatic heterocycles. The van der Waals surface area contributed by atoms with E-state index in [0.717, 1.165) is 13.0 Å². The smallest absolute Gasteiger partial charge is 0.302 e. The first-order valence-electron chi connectivity index (χ1n) is 5.18. The summed E-state index contributed by atoms with van der Waals surface area (Å²) in [6.07, 6.45) is 4.92. The number of ether oxygens (including phenoxy) is 1. The molecule has 2 aliphatic rings. The zero-order chi connectivity index (χ0) is 9.26. The highest BCUT2D eigenvalue weighted by Gasteiger charge is 2.37. The number of rotatable bonds is 1. The number of carbonyl (C=O) groups is 1. The molecule has 1 heterocycles. The van der Waals surface area contributed by atoms with Gasteiger partial charge in [-0.15, -0.1) is 12.4 Å². The van der Waals surface area contributed by atoms with E-state index < -0.39 is 0 Å². The molecule has 4 heteroatoms. The normalized spacial score (nSPS) is 35.6. The Morgan fingerprint density at radius 3 is 2.86 bits per heavy atom. The van der Waals surface area contributed by atoms with Crippen LogP contribution in [-0.2, 0) is 9.53 Å². The molecule has 14 heavy (non-hydrogen) atoms. The lowest BCUT2D eigenvalue weighted by molar-refractivity contribution is -0.150. The second kappa shape index (κ2) is 4.99. The van der Waals surface area contributed by atoms with Crippen molar-refractivity contribution in [3.05, 3.63) is 0 Å². The minimum absolute atomic E-state index is 0. The predicted octanol–water partition coefficient (Wildman–Crippen LogP) is 1.50. The summed E-state index contributed by atoms with van der Waals surface area (Å²) in [6, 6.07) is 0.609. The van der Waals surface area contributed by atoms with Crippen LogP contribution in [0.3, 0.4) is 0 Å². The first-order valence-corrected chi connectivity index (χ1v) is 5.18. The third-order valence-electron chi connectivity index (χ3n) is 3.20. The number of piperidine rings is 1. The highest BCUT2D eigenvalue weighted by Crippen LogP contribution is 2.33. The number of nitrogens with one attached hydrogen (secondary N) is 1. The van der Waals surface area contributed by atoms with Crippen molar-refractivity contribution in [1.82, 2.24) is 5.32 Å². The molecule has 0 aromatic rings. The number of carbonyl (C=O) groups excluding carboxylic acids is 1. The summed E-state index contributed by atoms with van der Waals surface area (Å²) in [4.78, 5) is 10.9. The van der Waals surface area contributed by atoms with Gasteiger partial charge in [-0.1, -0.05) is 6.42 Å². The van der Waals surface area contributed by atoms with Crippen LogP contribution < -0.4 is 5.32 Å². The highest BCUT2D eigenvalue weighted by molar-refractivity contribution is 5.85. The molecule has 3 nitrogen and oxygen atoms in total. The van der Waals surface area contributed by atoms with Gasteiger partial charge in [0.05, 0.1) is 0 Å². The van der Waals surface area contributed by atoms with Crippen molar-refractivity contribution < 1.29 is 9.53 Å². The van der Waals surface area contributed by atoms with Crippen molar-refractivity contribution in [3.63, 3.8) is 0 Å². The summed E-state index contributed by atoms with van der Waals surface area (Å²) >= 11 is 0. The van der Waals surface area contributed by atoms with Crippen molar-refractivity contribution in [2.24, 2.45) is 5.92 Å². The van der Waals surface area contributed by atoms with E-state index in [1.807, 2.05) is 0 Å². The molecule has 1 saturated heterocycles. The van der Waals surface area contributed by atoms with E-state index in [1.165, 1.54) is 26.2 Å². The molecule has 3 unspecified atom stereocenters. The molecular weight excluding hydrogens is 202 g/mol. The number of halogens is 1. The van der Waals surface area contributed by atoms with Crippen molar-refractivity contribution in [3.8, 4) is 0 Å². The Labute approximate surface area is 91.0 Å². The standard InChI is InChI=1S/C10H17NO2.ClH/c1-7(12)13-10-5-6-11-9-4-2-3-8(9)10;/h8-11H,2-6H2,1H3;1H. The first kappa shape index (κ1) is 11.8. The van der Waals surface area contributed by atoms with Crippen LogP contribution in [0.25, 0.3) is 0 Å². The van der Waals surface area contributed by atoms with Crippen LogP contribution >= 0.6 is 12.4 Å². The SMILES string of the molecule is CC(=O)OC1CCNC2CCCC21.Cl. The molecule has 1 N–H and O–H groups in total. The fourth-order valence-electron chi connectivity index (χ4n) is 2.67. The summed E-state index contributed by atoms with van der Waals surface area (Å²) in [5.74, 6) is 0.454. The molecular formula is C10H18ClNO2. The molecule has 0 amide bonds. The molecule has 82 valence electrons. The molecule has 2 rings (SSSR count). The monoisotopic (exact) mass is 219 g/mol. The van der Waals surface area contributed by atoms with E-state index in [-0.39, 0.29) is 24.5 Å². The molecule has 1 saturated carbocycles. The number of hydrogen-bond donors (Lipinski definition) is 1. The maximum Gasteiger partial charge on any atom is 0.302 e. The van der Waals surface area contributed by atoms with E-state index in [1.54, 1.807) is 0 Å². The Balaban J connectivity index is 0.000000980. The topological polar surface area (TPSA) is 38.3 Å². The minimum atomic E-state index is -0.127. The molecule has 3 atom stereocenters. The Bertz CT molecular complexity index is 210. The van der Waals surface area contributed by atoms with Gasteiger partial charge < -0.3 is 10.1 Å². The van der Waals surface area contributed by atoms with Gasteiger partial charge in [0.2, 0.25) is 0 Å². The summed E-state index contributed by atoms with van der Waals surface area (Å²) in [5.41, 5.74) is 0. The maximum absolute atomic E-state index is 10.9. The van der Waals surface area contributed by atoms with Gasteiger partial charge in [0.15, 0.2) is 0 Å². The van der Waals surface area contributed by atoms with E-state index in [0.29, 0.717) is 12.0 Å². The molecule has 0 aromatic carbocycles. The minimum Gasteiger partial charge on any atom is -0.462 e. The van der Waals surface area contributed by atoms with E-state index in [4.69, 9.17) is 4.74 Å². The lowest BCUT2D eigenvalue weighted by Crippen LogP contribution is -2.46. The van der Waals surface area contributed by atoms with Gasteiger partial charge in [-0.3, -0.25) is 4.79 Å². The number of fused-ring (bicyclic) bond motifs is 1. The fraction of sp³-hybridized carbons (Fsp3) is 0.900. The Hall–Kier alpha value is -0.280. The Kier molecular flexibility index (Phi) is 4.20. The summed E-state index contributed by atoms with van der Waals surface area (Å²) in [7, 11) is 0. The van der Waals surface area contributed by atoms with Crippen molar-refractivity contribution in [1.29, 1.82) is 0 Å². The third-order valence-corrected chi connectivity index (χ3v) is 3.20. The summed E-state index contributed by atoms with van der Waals surface area (Å²) in [6.45, 7) is 2.51. The highest BCUT2D eigenvalue weighted by atomic mass is 35.5. The predicted molar refractivity (Wildman–Crippen MR) is 56.6 cm³/mol. The molecule has 0 spiro atoms. The van der Waals surface area contributed by atoms with Crippen LogP contribution in [0.15, 0.2) is 0 Å². The van der Waals surface area contributed by atoms with E-state index >= 15 is 0 Å². The average molecular weight is 220 g/mol. The van der Waals surface area contributed by atoms with Gasteiger partial charge >= 0.3 is 5.97 Å². The van der Waals surface area contributed by atoms with Crippen LogP contribution in [0.1, 0.15) is 32.6 Å². The molecule has 2 fully saturated rings. The molecule has 1 aliphatic carbocycles. The number of esters is 1. The molecule has 1 aliphatic heterocycles. The summed E-state index contributed by atoms with van der Waals surface area (Å²) < 4.78 is 5.33. The zero-order valence-corrected chi connectivity index (χ0v) is 9.31. The van der Waals surface area contributed by atoms with Gasteiger partial charge in [0, 0.05) is 18.9 Å². The van der Waals surface area contributed by atoms with Crippen molar-refractivity contribution >= 4 is 18.4 Å². The maximum atomic E-state index is 10.9. The second-order valence-electron chi connectivity index (χ2n) is 4.09. The number of hydrogen-bond acceptors (Lipinski definition) is 3. The first-order chi connectivity index (χ1) is 6.27. The lowest BCUT2D eigenvalue weighted by atomic mass is 9.91. The van der Waals surface area contributed by atoms with Crippen LogP contribution in [0.5, 0.6) is 0 Å². The van der Waals surface area contributed by atoms with Crippen LogP contribution in [0.4, 0.5) is 0 Å². The van der Waals surface area contributed by atoms with Gasteiger partial charge in [0.25, 0.3) is 0 Å². The van der Waals surface area contributed by atoms with Gasteiger partial charge in [0.1, 0.15) is 6.10 Å². The van der Waals surface area contributed by atoms with Gasteiger partial charge in [-0.2, -0.15) is 0 Å². The van der Waals surface area contributed by atoms with Crippen molar-refractivity contribution in [2.75, 3.05) is 6.54 Å². The second-order valence-corrected chi connectivity index (χ2v) is 4.09. The van der Waals surface area contributed by atoms with Crippen LogP contribution in [0, 0.1) is 5.92 Å². The Morgan fingerprint density at radius 1 is 1.36 bits per heavy atom. The van der Waals surface area contributed by atoms with Gasteiger partial charge in [-0.05, 0) is 25.8 Å². The van der Waals surface area contributed by atoms with Crippen molar-refractivity contribution in [2.45, 2.75) is 44.8 Å². The van der Waals surface area contributed by atoms with E-state index in [2.05, 4.69) is 5.32 Å². The molecule has 0 bridgehead atoms. The Morgan fingerprint density at radius 2 is 2.14 bits per heavy atom. The van der Waals surface area contributed by atoms with Crippen LogP contribution in [0.2, 0.25) is 0 Å². The fourth-order valence-corrected chi connectivity index (χ4v) is 2.67. The average Bonchev–Trinajstić information content (AvgIpc) is 2.51. The largest absolute Gasteiger partial charge is 0.462 e. The molecule has 0 radical (unpaired) electrons. The quantitative estimate of drug-likeness (QED) is 0.680. The zero-order valence-electron chi connectivity index (χ0n) is 8.49. The lowest BCUT2D eigenvalue weighted by Gasteiger charge is -2.33. The van der Waals surface area contributed by atoms with E-state index in [9.17, 15) is 4.79 Å². The third kappa shape index (κ3) is 2.39.